The molecule has 2 aliphatic rings. The number of amides is 1. The average Bonchev–Trinajstić information content (AvgIpc) is 3.14. The second kappa shape index (κ2) is 9.14. The molecule has 6 heteroatoms. The minimum atomic E-state index is -0.760. The quantitative estimate of drug-likeness (QED) is 0.775. The molecule has 0 aromatic heterocycles. The van der Waals surface area contributed by atoms with E-state index < -0.39 is 5.97 Å². The molecule has 26 heavy (non-hydrogen) atoms. The van der Waals surface area contributed by atoms with Crippen LogP contribution in [0.25, 0.3) is 0 Å². The highest BCUT2D eigenvalue weighted by Gasteiger charge is 2.26. The van der Waals surface area contributed by atoms with Gasteiger partial charge in [0.15, 0.2) is 0 Å². The Kier molecular flexibility index (Phi) is 6.63. The SMILES string of the molecule is O=C(CN1CCCC(C(=O)O)C1)NCc1ccc(CN2CCCC2)cc1. The summed E-state index contributed by atoms with van der Waals surface area (Å²) in [6.45, 7) is 5.44. The monoisotopic (exact) mass is 359 g/mol. The van der Waals surface area contributed by atoms with Crippen LogP contribution in [0, 0.1) is 5.92 Å². The van der Waals surface area contributed by atoms with Gasteiger partial charge in [-0.3, -0.25) is 19.4 Å². The van der Waals surface area contributed by atoms with Gasteiger partial charge in [0.2, 0.25) is 5.91 Å². The topological polar surface area (TPSA) is 72.9 Å². The Morgan fingerprint density at radius 2 is 1.65 bits per heavy atom. The van der Waals surface area contributed by atoms with Crippen LogP contribution >= 0.6 is 0 Å². The van der Waals surface area contributed by atoms with Gasteiger partial charge in [-0.1, -0.05) is 24.3 Å². The predicted molar refractivity (Wildman–Crippen MR) is 99.6 cm³/mol. The zero-order valence-electron chi connectivity index (χ0n) is 15.3. The molecule has 3 rings (SSSR count). The number of carbonyl (C=O) groups is 2. The van der Waals surface area contributed by atoms with Crippen molar-refractivity contribution >= 4 is 11.9 Å². The number of carbonyl (C=O) groups excluding carboxylic acids is 1. The number of benzene rings is 1. The third-order valence-corrected chi connectivity index (χ3v) is 5.34. The number of hydrogen-bond donors (Lipinski definition) is 2. The van der Waals surface area contributed by atoms with Crippen molar-refractivity contribution in [2.24, 2.45) is 5.92 Å². The van der Waals surface area contributed by atoms with Crippen molar-refractivity contribution in [2.75, 3.05) is 32.7 Å². The summed E-state index contributed by atoms with van der Waals surface area (Å²) >= 11 is 0. The summed E-state index contributed by atoms with van der Waals surface area (Å²) in [5.41, 5.74) is 2.40. The Hall–Kier alpha value is -1.92. The molecule has 0 spiro atoms. The van der Waals surface area contributed by atoms with E-state index >= 15 is 0 Å². The van der Waals surface area contributed by atoms with Crippen LogP contribution in [0.1, 0.15) is 36.8 Å². The Balaban J connectivity index is 1.40. The van der Waals surface area contributed by atoms with E-state index in [1.165, 1.54) is 31.5 Å². The molecule has 1 aromatic rings. The number of carboxylic acids is 1. The number of rotatable bonds is 7. The largest absolute Gasteiger partial charge is 0.481 e. The van der Waals surface area contributed by atoms with E-state index in [9.17, 15) is 9.59 Å². The minimum Gasteiger partial charge on any atom is -0.481 e. The first kappa shape index (κ1) is 18.9. The van der Waals surface area contributed by atoms with Gasteiger partial charge in [-0.15, -0.1) is 0 Å². The lowest BCUT2D eigenvalue weighted by Crippen LogP contribution is -2.44. The van der Waals surface area contributed by atoms with Crippen molar-refractivity contribution in [3.63, 3.8) is 0 Å². The maximum atomic E-state index is 12.2. The maximum Gasteiger partial charge on any atom is 0.307 e. The van der Waals surface area contributed by atoms with E-state index in [2.05, 4.69) is 34.5 Å². The molecule has 0 radical (unpaired) electrons. The second-order valence-electron chi connectivity index (χ2n) is 7.49. The van der Waals surface area contributed by atoms with Gasteiger partial charge in [-0.05, 0) is 56.4 Å². The van der Waals surface area contributed by atoms with Gasteiger partial charge in [0.05, 0.1) is 12.5 Å². The van der Waals surface area contributed by atoms with Crippen molar-refractivity contribution in [3.8, 4) is 0 Å². The molecule has 6 nitrogen and oxygen atoms in total. The molecule has 2 heterocycles. The molecule has 1 aromatic carbocycles. The molecule has 1 amide bonds. The average molecular weight is 359 g/mol. The van der Waals surface area contributed by atoms with Gasteiger partial charge in [0.1, 0.15) is 0 Å². The highest BCUT2D eigenvalue weighted by Crippen LogP contribution is 2.16. The van der Waals surface area contributed by atoms with Gasteiger partial charge in [-0.2, -0.15) is 0 Å². The molecule has 2 fully saturated rings. The first-order valence-corrected chi connectivity index (χ1v) is 9.62. The fourth-order valence-corrected chi connectivity index (χ4v) is 3.82. The molecule has 2 N–H and O–H groups in total. The summed E-state index contributed by atoms with van der Waals surface area (Å²) in [4.78, 5) is 27.7. The van der Waals surface area contributed by atoms with Gasteiger partial charge in [0.25, 0.3) is 0 Å². The zero-order valence-corrected chi connectivity index (χ0v) is 15.3. The number of hydrogen-bond acceptors (Lipinski definition) is 4. The maximum absolute atomic E-state index is 12.2. The fourth-order valence-electron chi connectivity index (χ4n) is 3.82. The summed E-state index contributed by atoms with van der Waals surface area (Å²) < 4.78 is 0. The lowest BCUT2D eigenvalue weighted by atomic mass is 9.98. The van der Waals surface area contributed by atoms with E-state index in [4.69, 9.17) is 5.11 Å². The van der Waals surface area contributed by atoms with Crippen LogP contribution in [0.4, 0.5) is 0 Å². The van der Waals surface area contributed by atoms with Crippen molar-refractivity contribution in [2.45, 2.75) is 38.8 Å². The summed E-state index contributed by atoms with van der Waals surface area (Å²) in [6, 6.07) is 8.43. The second-order valence-corrected chi connectivity index (χ2v) is 7.49. The van der Waals surface area contributed by atoms with Crippen LogP contribution in [0.2, 0.25) is 0 Å². The Morgan fingerprint density at radius 3 is 2.35 bits per heavy atom. The Bertz CT molecular complexity index is 611. The number of carboxylic acid groups (broad SMARTS) is 1. The van der Waals surface area contributed by atoms with Gasteiger partial charge in [-0.25, -0.2) is 0 Å². The molecular formula is C20H29N3O3. The van der Waals surface area contributed by atoms with E-state index in [0.717, 1.165) is 25.1 Å². The summed E-state index contributed by atoms with van der Waals surface area (Å²) in [6.07, 6.45) is 4.14. The number of piperidine rings is 1. The molecule has 1 atom stereocenters. The fraction of sp³-hybridized carbons (Fsp3) is 0.600. The standard InChI is InChI=1S/C20H29N3O3/c24-19(15-23-11-3-4-18(14-23)20(25)26)21-12-16-5-7-17(8-6-16)13-22-9-1-2-10-22/h5-8,18H,1-4,9-15H2,(H,21,24)(H,25,26). The van der Waals surface area contributed by atoms with E-state index in [0.29, 0.717) is 19.5 Å². The van der Waals surface area contributed by atoms with Gasteiger partial charge >= 0.3 is 5.97 Å². The molecule has 2 aliphatic heterocycles. The van der Waals surface area contributed by atoms with Crippen LogP contribution in [0.15, 0.2) is 24.3 Å². The molecule has 2 saturated heterocycles. The number of aliphatic carboxylic acids is 1. The van der Waals surface area contributed by atoms with E-state index in [-0.39, 0.29) is 18.4 Å². The normalized spacial score (nSPS) is 21.6. The van der Waals surface area contributed by atoms with Crippen molar-refractivity contribution < 1.29 is 14.7 Å². The lowest BCUT2D eigenvalue weighted by molar-refractivity contribution is -0.144. The first-order valence-electron chi connectivity index (χ1n) is 9.62. The van der Waals surface area contributed by atoms with Crippen LogP contribution in [-0.4, -0.2) is 59.5 Å². The third-order valence-electron chi connectivity index (χ3n) is 5.34. The van der Waals surface area contributed by atoms with Gasteiger partial charge < -0.3 is 10.4 Å². The summed E-state index contributed by atoms with van der Waals surface area (Å²) in [5.74, 6) is -1.15. The zero-order chi connectivity index (χ0) is 18.4. The van der Waals surface area contributed by atoms with Crippen LogP contribution in [0.5, 0.6) is 0 Å². The van der Waals surface area contributed by atoms with Crippen LogP contribution in [0.3, 0.4) is 0 Å². The Morgan fingerprint density at radius 1 is 1.00 bits per heavy atom. The summed E-state index contributed by atoms with van der Waals surface area (Å²) in [7, 11) is 0. The van der Waals surface area contributed by atoms with Crippen molar-refractivity contribution in [1.82, 2.24) is 15.1 Å². The number of nitrogens with one attached hydrogen (secondary N) is 1. The molecule has 0 aliphatic carbocycles. The first-order chi connectivity index (χ1) is 12.6. The third kappa shape index (κ3) is 5.54. The molecule has 142 valence electrons. The number of likely N-dealkylation sites (tertiary alicyclic amines) is 2. The molecule has 1 unspecified atom stereocenters. The highest BCUT2D eigenvalue weighted by molar-refractivity contribution is 5.78. The predicted octanol–water partition coefficient (Wildman–Crippen LogP) is 1.70. The van der Waals surface area contributed by atoms with E-state index in [1.807, 2.05) is 4.90 Å². The van der Waals surface area contributed by atoms with Crippen molar-refractivity contribution in [1.29, 1.82) is 0 Å². The van der Waals surface area contributed by atoms with Gasteiger partial charge in [0, 0.05) is 19.6 Å². The summed E-state index contributed by atoms with van der Waals surface area (Å²) in [5, 5.41) is 12.1. The van der Waals surface area contributed by atoms with Crippen molar-refractivity contribution in [3.05, 3.63) is 35.4 Å². The number of nitrogens with zero attached hydrogens (tertiary/aromatic N) is 2. The lowest BCUT2D eigenvalue weighted by Gasteiger charge is -2.29. The van der Waals surface area contributed by atoms with E-state index in [1.54, 1.807) is 0 Å². The smallest absolute Gasteiger partial charge is 0.307 e. The van der Waals surface area contributed by atoms with Crippen LogP contribution in [-0.2, 0) is 22.7 Å². The minimum absolute atomic E-state index is 0.0443. The molecular weight excluding hydrogens is 330 g/mol. The Labute approximate surface area is 155 Å². The molecule has 0 saturated carbocycles. The highest BCUT2D eigenvalue weighted by atomic mass is 16.4. The van der Waals surface area contributed by atoms with Crippen LogP contribution < -0.4 is 5.32 Å². The molecule has 0 bridgehead atoms.